The third-order valence-corrected chi connectivity index (χ3v) is 3.88. The van der Waals surface area contributed by atoms with Crippen molar-refractivity contribution >= 4 is 5.78 Å². The summed E-state index contributed by atoms with van der Waals surface area (Å²) in [5.41, 5.74) is 1.40. The normalized spacial score (nSPS) is 22.4. The van der Waals surface area contributed by atoms with E-state index in [-0.39, 0.29) is 17.0 Å². The molecule has 1 aromatic carbocycles. The van der Waals surface area contributed by atoms with Crippen LogP contribution in [0.2, 0.25) is 0 Å². The largest absolute Gasteiger partial charge is 0.317 e. The summed E-state index contributed by atoms with van der Waals surface area (Å²) in [7, 11) is 0. The molecule has 1 spiro atoms. The van der Waals surface area contributed by atoms with Gasteiger partial charge in [0.15, 0.2) is 5.78 Å². The number of halogens is 1. The summed E-state index contributed by atoms with van der Waals surface area (Å²) >= 11 is 0. The van der Waals surface area contributed by atoms with E-state index in [1.165, 1.54) is 12.1 Å². The third kappa shape index (κ3) is 1.31. The van der Waals surface area contributed by atoms with E-state index in [0.717, 1.165) is 43.5 Å². The number of carbonyl (C=O) groups excluding carboxylic acids is 1. The first kappa shape index (κ1) is 9.97. The molecule has 84 valence electrons. The molecule has 1 saturated heterocycles. The summed E-state index contributed by atoms with van der Waals surface area (Å²) in [4.78, 5) is 12.3. The zero-order chi connectivity index (χ0) is 11.2. The predicted octanol–water partition coefficient (Wildman–Crippen LogP) is 1.93. The monoisotopic (exact) mass is 219 g/mol. The number of hydrogen-bond donors (Lipinski definition) is 1. The lowest BCUT2D eigenvalue weighted by Gasteiger charge is -2.31. The number of benzene rings is 1. The van der Waals surface area contributed by atoms with Gasteiger partial charge in [0.2, 0.25) is 0 Å². The van der Waals surface area contributed by atoms with Crippen LogP contribution in [-0.2, 0) is 6.42 Å². The number of carbonyl (C=O) groups is 1. The molecule has 1 aliphatic carbocycles. The van der Waals surface area contributed by atoms with Crippen LogP contribution in [0.15, 0.2) is 18.2 Å². The summed E-state index contributed by atoms with van der Waals surface area (Å²) < 4.78 is 13.1. The number of hydrogen-bond acceptors (Lipinski definition) is 2. The van der Waals surface area contributed by atoms with E-state index in [1.807, 2.05) is 0 Å². The van der Waals surface area contributed by atoms with E-state index in [2.05, 4.69) is 5.32 Å². The van der Waals surface area contributed by atoms with Crippen LogP contribution in [0, 0.1) is 11.2 Å². The van der Waals surface area contributed by atoms with Crippen molar-refractivity contribution in [3.8, 4) is 0 Å². The van der Waals surface area contributed by atoms with Crippen LogP contribution in [0.1, 0.15) is 28.8 Å². The van der Waals surface area contributed by atoms with Crippen molar-refractivity contribution in [2.24, 2.45) is 5.41 Å². The number of piperidine rings is 1. The first-order valence-electron chi connectivity index (χ1n) is 5.75. The van der Waals surface area contributed by atoms with Gasteiger partial charge < -0.3 is 5.32 Å². The highest BCUT2D eigenvalue weighted by Gasteiger charge is 2.45. The Bertz CT molecular complexity index is 449. The van der Waals surface area contributed by atoms with Crippen molar-refractivity contribution in [2.75, 3.05) is 13.1 Å². The third-order valence-electron chi connectivity index (χ3n) is 3.88. The summed E-state index contributed by atoms with van der Waals surface area (Å²) in [6.45, 7) is 1.78. The van der Waals surface area contributed by atoms with Gasteiger partial charge in [0.05, 0.1) is 0 Å². The van der Waals surface area contributed by atoms with E-state index in [9.17, 15) is 9.18 Å². The molecule has 0 aromatic heterocycles. The zero-order valence-electron chi connectivity index (χ0n) is 9.05. The zero-order valence-corrected chi connectivity index (χ0v) is 9.05. The van der Waals surface area contributed by atoms with Gasteiger partial charge in [-0.1, -0.05) is 0 Å². The highest BCUT2D eigenvalue weighted by Crippen LogP contribution is 2.43. The van der Waals surface area contributed by atoms with Crippen LogP contribution in [0.5, 0.6) is 0 Å². The molecule has 0 unspecified atom stereocenters. The van der Waals surface area contributed by atoms with Gasteiger partial charge in [-0.15, -0.1) is 0 Å². The molecule has 0 amide bonds. The molecule has 0 bridgehead atoms. The fraction of sp³-hybridized carbons (Fsp3) is 0.462. The quantitative estimate of drug-likeness (QED) is 0.722. The summed E-state index contributed by atoms with van der Waals surface area (Å²) in [6, 6.07) is 4.55. The lowest BCUT2D eigenvalue weighted by Crippen LogP contribution is -2.40. The molecule has 3 heteroatoms. The molecule has 0 atom stereocenters. The van der Waals surface area contributed by atoms with Crippen LogP contribution in [0.4, 0.5) is 4.39 Å². The van der Waals surface area contributed by atoms with Crippen molar-refractivity contribution in [3.63, 3.8) is 0 Å². The molecule has 2 aliphatic rings. The standard InChI is InChI=1S/C13H14FNO/c14-10-1-2-11-9(7-10)8-13(12(11)16)3-5-15-6-4-13/h1-2,7,15H,3-6,8H2. The molecular formula is C13H14FNO. The van der Waals surface area contributed by atoms with Crippen molar-refractivity contribution in [2.45, 2.75) is 19.3 Å². The van der Waals surface area contributed by atoms with Crippen LogP contribution >= 0.6 is 0 Å². The molecule has 1 N–H and O–H groups in total. The van der Waals surface area contributed by atoms with Crippen molar-refractivity contribution in [1.82, 2.24) is 5.32 Å². The SMILES string of the molecule is O=C1c2ccc(F)cc2CC12CCNCC2. The first-order chi connectivity index (χ1) is 7.71. The lowest BCUT2D eigenvalue weighted by molar-refractivity contribution is 0.0762. The lowest BCUT2D eigenvalue weighted by atomic mass is 9.75. The van der Waals surface area contributed by atoms with Crippen LogP contribution in [0.3, 0.4) is 0 Å². The Labute approximate surface area is 93.9 Å². The minimum atomic E-state index is -0.238. The van der Waals surface area contributed by atoms with Crippen molar-refractivity contribution in [3.05, 3.63) is 35.1 Å². The number of fused-ring (bicyclic) bond motifs is 1. The number of rotatable bonds is 0. The van der Waals surface area contributed by atoms with E-state index in [0.29, 0.717) is 0 Å². The van der Waals surface area contributed by atoms with Gasteiger partial charge in [-0.25, -0.2) is 4.39 Å². The number of ketones is 1. The van der Waals surface area contributed by atoms with E-state index < -0.39 is 0 Å². The van der Waals surface area contributed by atoms with Gasteiger partial charge in [0.25, 0.3) is 0 Å². The number of nitrogens with one attached hydrogen (secondary N) is 1. The Morgan fingerprint density at radius 3 is 2.75 bits per heavy atom. The maximum Gasteiger partial charge on any atom is 0.169 e. The van der Waals surface area contributed by atoms with Crippen molar-refractivity contribution in [1.29, 1.82) is 0 Å². The second-order valence-electron chi connectivity index (χ2n) is 4.84. The van der Waals surface area contributed by atoms with Gasteiger partial charge in [-0.3, -0.25) is 4.79 Å². The Morgan fingerprint density at radius 1 is 1.25 bits per heavy atom. The molecule has 16 heavy (non-hydrogen) atoms. The van der Waals surface area contributed by atoms with Crippen LogP contribution in [-0.4, -0.2) is 18.9 Å². The fourth-order valence-electron chi connectivity index (χ4n) is 2.97. The van der Waals surface area contributed by atoms with Crippen LogP contribution in [0.25, 0.3) is 0 Å². The van der Waals surface area contributed by atoms with E-state index in [4.69, 9.17) is 0 Å². The molecule has 1 fully saturated rings. The minimum Gasteiger partial charge on any atom is -0.317 e. The highest BCUT2D eigenvalue weighted by molar-refractivity contribution is 6.05. The Morgan fingerprint density at radius 2 is 2.00 bits per heavy atom. The maximum absolute atomic E-state index is 13.1. The topological polar surface area (TPSA) is 29.1 Å². The Balaban J connectivity index is 2.02. The summed E-state index contributed by atoms with van der Waals surface area (Å²) in [5.74, 6) is -0.0125. The van der Waals surface area contributed by atoms with Crippen molar-refractivity contribution < 1.29 is 9.18 Å². The minimum absolute atomic E-state index is 0.226. The fourth-order valence-corrected chi connectivity index (χ4v) is 2.97. The predicted molar refractivity (Wildman–Crippen MR) is 59.0 cm³/mol. The Kier molecular flexibility index (Phi) is 2.11. The molecular weight excluding hydrogens is 205 g/mol. The van der Waals surface area contributed by atoms with Gasteiger partial charge in [0, 0.05) is 11.0 Å². The molecule has 1 heterocycles. The van der Waals surface area contributed by atoms with E-state index >= 15 is 0 Å². The summed E-state index contributed by atoms with van der Waals surface area (Å²) in [5, 5.41) is 3.27. The van der Waals surface area contributed by atoms with Gasteiger partial charge in [-0.2, -0.15) is 0 Å². The Hall–Kier alpha value is -1.22. The molecule has 0 radical (unpaired) electrons. The van der Waals surface area contributed by atoms with Crippen LogP contribution < -0.4 is 5.32 Å². The van der Waals surface area contributed by atoms with E-state index in [1.54, 1.807) is 6.07 Å². The van der Waals surface area contributed by atoms with Gasteiger partial charge >= 0.3 is 0 Å². The molecule has 2 nitrogen and oxygen atoms in total. The number of Topliss-reactive ketones (excluding diaryl/α,β-unsaturated/α-hetero) is 1. The smallest absolute Gasteiger partial charge is 0.169 e. The maximum atomic E-state index is 13.1. The first-order valence-corrected chi connectivity index (χ1v) is 5.75. The average molecular weight is 219 g/mol. The van der Waals surface area contributed by atoms with Gasteiger partial charge in [0.1, 0.15) is 5.82 Å². The summed E-state index contributed by atoms with van der Waals surface area (Å²) in [6.07, 6.45) is 2.48. The molecule has 3 rings (SSSR count). The molecule has 1 aliphatic heterocycles. The highest BCUT2D eigenvalue weighted by atomic mass is 19.1. The second-order valence-corrected chi connectivity index (χ2v) is 4.84. The second kappa shape index (κ2) is 3.39. The average Bonchev–Trinajstić information content (AvgIpc) is 2.53. The van der Waals surface area contributed by atoms with Gasteiger partial charge in [-0.05, 0) is 56.1 Å². The molecule has 1 aromatic rings. The molecule has 0 saturated carbocycles.